The normalized spacial score (nSPS) is 14.2. The monoisotopic (exact) mass is 521 g/mol. The van der Waals surface area contributed by atoms with Crippen LogP contribution >= 0.6 is 0 Å². The van der Waals surface area contributed by atoms with Gasteiger partial charge in [0.15, 0.2) is 11.6 Å². The van der Waals surface area contributed by atoms with Crippen LogP contribution in [0.4, 0.5) is 4.39 Å². The summed E-state index contributed by atoms with van der Waals surface area (Å²) in [4.78, 5) is 21.3. The molecule has 0 amide bonds. The van der Waals surface area contributed by atoms with E-state index in [4.69, 9.17) is 4.98 Å². The highest BCUT2D eigenvalue weighted by Crippen LogP contribution is 2.34. The van der Waals surface area contributed by atoms with Crippen LogP contribution in [-0.2, 0) is 6.54 Å². The molecular formula is C29H28FN9. The Morgan fingerprint density at radius 3 is 2.85 bits per heavy atom. The average Bonchev–Trinajstić information content (AvgIpc) is 3.75. The number of hydrogen-bond donors (Lipinski definition) is 3. The molecule has 1 aromatic carbocycles. The average molecular weight is 522 g/mol. The fraction of sp³-hybridized carbons (Fsp3) is 0.276. The summed E-state index contributed by atoms with van der Waals surface area (Å²) in [5.41, 5.74) is 5.55. The van der Waals surface area contributed by atoms with Crippen molar-refractivity contribution >= 4 is 21.9 Å². The van der Waals surface area contributed by atoms with Gasteiger partial charge < -0.3 is 10.3 Å². The molecule has 39 heavy (non-hydrogen) atoms. The summed E-state index contributed by atoms with van der Waals surface area (Å²) in [6.07, 6.45) is 14.1. The predicted molar refractivity (Wildman–Crippen MR) is 148 cm³/mol. The largest absolute Gasteiger partial charge is 0.336 e. The summed E-state index contributed by atoms with van der Waals surface area (Å²) in [6.45, 7) is 3.64. The van der Waals surface area contributed by atoms with Crippen molar-refractivity contribution in [2.45, 2.75) is 39.2 Å². The molecule has 1 fully saturated rings. The molecule has 0 saturated heterocycles. The number of benzene rings is 1. The number of aromatic amines is 2. The fourth-order valence-electron chi connectivity index (χ4n) is 5.59. The lowest BCUT2D eigenvalue weighted by Gasteiger charge is -2.11. The molecule has 0 spiro atoms. The number of hydrogen-bond acceptors (Lipinski definition) is 6. The highest BCUT2D eigenvalue weighted by atomic mass is 19.1. The van der Waals surface area contributed by atoms with Gasteiger partial charge in [0.25, 0.3) is 0 Å². The first-order valence-electron chi connectivity index (χ1n) is 13.3. The third-order valence-corrected chi connectivity index (χ3v) is 7.57. The van der Waals surface area contributed by atoms with Crippen LogP contribution in [0.25, 0.3) is 50.4 Å². The summed E-state index contributed by atoms with van der Waals surface area (Å²) in [7, 11) is 0. The summed E-state index contributed by atoms with van der Waals surface area (Å²) >= 11 is 0. The molecule has 0 atom stereocenters. The number of nitrogens with one attached hydrogen (secondary N) is 3. The van der Waals surface area contributed by atoms with Crippen LogP contribution in [0.1, 0.15) is 36.9 Å². The van der Waals surface area contributed by atoms with Gasteiger partial charge in [0.1, 0.15) is 23.4 Å². The molecule has 9 nitrogen and oxygen atoms in total. The number of imidazole rings is 2. The van der Waals surface area contributed by atoms with Crippen LogP contribution < -0.4 is 5.32 Å². The van der Waals surface area contributed by atoms with E-state index >= 15 is 4.39 Å². The van der Waals surface area contributed by atoms with Crippen molar-refractivity contribution in [3.8, 4) is 28.5 Å². The lowest BCUT2D eigenvalue weighted by Crippen LogP contribution is -2.20. The molecule has 5 aromatic heterocycles. The second kappa shape index (κ2) is 9.70. The van der Waals surface area contributed by atoms with E-state index in [1.54, 1.807) is 24.8 Å². The molecule has 0 bridgehead atoms. The maximum absolute atomic E-state index is 16.2. The minimum atomic E-state index is -0.363. The molecule has 7 rings (SSSR count). The van der Waals surface area contributed by atoms with E-state index < -0.39 is 0 Å². The summed E-state index contributed by atoms with van der Waals surface area (Å²) < 4.78 is 18.0. The number of halogens is 1. The van der Waals surface area contributed by atoms with E-state index in [-0.39, 0.29) is 5.82 Å². The van der Waals surface area contributed by atoms with Crippen molar-refractivity contribution in [3.63, 3.8) is 0 Å². The minimum Gasteiger partial charge on any atom is -0.336 e. The number of rotatable bonds is 7. The first kappa shape index (κ1) is 23.7. The molecule has 196 valence electrons. The zero-order valence-electron chi connectivity index (χ0n) is 21.6. The third kappa shape index (κ3) is 4.36. The quantitative estimate of drug-likeness (QED) is 0.257. The van der Waals surface area contributed by atoms with Gasteiger partial charge in [0.2, 0.25) is 0 Å². The Hall–Kier alpha value is -4.44. The van der Waals surface area contributed by atoms with Gasteiger partial charge in [-0.3, -0.25) is 14.6 Å². The molecule has 5 heterocycles. The van der Waals surface area contributed by atoms with Crippen LogP contribution in [0, 0.1) is 18.7 Å². The Balaban J connectivity index is 1.23. The Bertz CT molecular complexity index is 1790. The van der Waals surface area contributed by atoms with Crippen molar-refractivity contribution in [1.82, 2.24) is 45.0 Å². The van der Waals surface area contributed by atoms with Crippen molar-refractivity contribution in [2.75, 3.05) is 6.54 Å². The standard InChI is InChI=1S/C29H28FN9/c1-17-15-39(16-34-17)29-26-23(8-9-33-29)35-28(36-26)27-24-22(37-38-27)7-6-21(25(24)30)20-10-19(13-32-14-20)12-31-11-18-4-2-3-5-18/h6-10,13-16,18,31H,2-5,11-12H2,1H3,(H,35,36)(H,37,38). The van der Waals surface area contributed by atoms with Gasteiger partial charge in [-0.25, -0.2) is 19.3 Å². The first-order valence-corrected chi connectivity index (χ1v) is 13.3. The predicted octanol–water partition coefficient (Wildman–Crippen LogP) is 5.48. The number of aryl methyl sites for hydroxylation is 1. The second-order valence-electron chi connectivity index (χ2n) is 10.3. The van der Waals surface area contributed by atoms with Crippen LogP contribution in [0.15, 0.2) is 55.4 Å². The molecule has 1 aliphatic rings. The third-order valence-electron chi connectivity index (χ3n) is 7.57. The number of aromatic nitrogens is 8. The van der Waals surface area contributed by atoms with Crippen LogP contribution in [0.5, 0.6) is 0 Å². The SMILES string of the molecule is Cc1cn(-c2nccc3[nH]c(-c4n[nH]c5ccc(-c6cncc(CNCC7CCCC7)c6)c(F)c45)nc23)cn1. The Morgan fingerprint density at radius 2 is 2.00 bits per heavy atom. The highest BCUT2D eigenvalue weighted by molar-refractivity contribution is 5.97. The van der Waals surface area contributed by atoms with E-state index in [0.717, 1.165) is 34.8 Å². The molecule has 3 N–H and O–H groups in total. The molecular weight excluding hydrogens is 493 g/mol. The first-order chi connectivity index (χ1) is 19.1. The Labute approximate surface area is 223 Å². The number of nitrogens with zero attached hydrogens (tertiary/aromatic N) is 6. The van der Waals surface area contributed by atoms with Crippen molar-refractivity contribution < 1.29 is 4.39 Å². The maximum Gasteiger partial charge on any atom is 0.166 e. The van der Waals surface area contributed by atoms with E-state index in [9.17, 15) is 0 Å². The summed E-state index contributed by atoms with van der Waals surface area (Å²) in [6, 6.07) is 7.46. The molecule has 0 radical (unpaired) electrons. The molecule has 0 unspecified atom stereocenters. The van der Waals surface area contributed by atoms with Gasteiger partial charge >= 0.3 is 0 Å². The van der Waals surface area contributed by atoms with Gasteiger partial charge in [0.05, 0.1) is 22.1 Å². The second-order valence-corrected chi connectivity index (χ2v) is 10.3. The van der Waals surface area contributed by atoms with Crippen molar-refractivity contribution in [3.05, 3.63) is 72.5 Å². The van der Waals surface area contributed by atoms with Crippen LogP contribution in [0.3, 0.4) is 0 Å². The van der Waals surface area contributed by atoms with Gasteiger partial charge in [-0.05, 0) is 62.1 Å². The Morgan fingerprint density at radius 1 is 1.10 bits per heavy atom. The summed E-state index contributed by atoms with van der Waals surface area (Å²) in [5, 5.41) is 11.3. The van der Waals surface area contributed by atoms with E-state index in [0.29, 0.717) is 45.9 Å². The fourth-order valence-corrected chi connectivity index (χ4v) is 5.59. The van der Waals surface area contributed by atoms with Gasteiger partial charge in [-0.1, -0.05) is 12.8 Å². The van der Waals surface area contributed by atoms with E-state index in [2.05, 4.69) is 35.5 Å². The molecule has 1 saturated carbocycles. The Kier molecular flexibility index (Phi) is 5.89. The molecule has 1 aliphatic carbocycles. The number of H-pyrrole nitrogens is 2. The molecule has 0 aliphatic heterocycles. The zero-order valence-corrected chi connectivity index (χ0v) is 21.6. The zero-order chi connectivity index (χ0) is 26.3. The van der Waals surface area contributed by atoms with Gasteiger partial charge in [-0.2, -0.15) is 5.10 Å². The topological polar surface area (TPSA) is 113 Å². The van der Waals surface area contributed by atoms with E-state index in [1.165, 1.54) is 25.7 Å². The lowest BCUT2D eigenvalue weighted by atomic mass is 10.0. The molecule has 6 aromatic rings. The maximum atomic E-state index is 16.2. The van der Waals surface area contributed by atoms with Crippen molar-refractivity contribution in [1.29, 1.82) is 0 Å². The highest BCUT2D eigenvalue weighted by Gasteiger charge is 2.21. The van der Waals surface area contributed by atoms with Gasteiger partial charge in [-0.15, -0.1) is 0 Å². The lowest BCUT2D eigenvalue weighted by molar-refractivity contribution is 0.489. The van der Waals surface area contributed by atoms with E-state index in [1.807, 2.05) is 42.1 Å². The van der Waals surface area contributed by atoms with Gasteiger partial charge in [0, 0.05) is 42.5 Å². The van der Waals surface area contributed by atoms with Crippen LogP contribution in [0.2, 0.25) is 0 Å². The molecule has 10 heteroatoms. The number of fused-ring (bicyclic) bond motifs is 2. The number of pyridine rings is 2. The van der Waals surface area contributed by atoms with Crippen LogP contribution in [-0.4, -0.2) is 46.2 Å². The minimum absolute atomic E-state index is 0.363. The smallest absolute Gasteiger partial charge is 0.166 e. The van der Waals surface area contributed by atoms with Crippen molar-refractivity contribution in [2.24, 2.45) is 5.92 Å². The summed E-state index contributed by atoms with van der Waals surface area (Å²) in [5.74, 6) is 1.50.